The highest BCUT2D eigenvalue weighted by Crippen LogP contribution is 2.34. The third-order valence-electron chi connectivity index (χ3n) is 7.20. The molecule has 38 heavy (non-hydrogen) atoms. The van der Waals surface area contributed by atoms with Gasteiger partial charge in [-0.25, -0.2) is 8.42 Å². The van der Waals surface area contributed by atoms with Crippen LogP contribution >= 0.6 is 0 Å². The Hall–Kier alpha value is -3.27. The zero-order valence-corrected chi connectivity index (χ0v) is 22.5. The lowest BCUT2D eigenvalue weighted by molar-refractivity contribution is 0.0339. The second-order valence-corrected chi connectivity index (χ2v) is 11.9. The van der Waals surface area contributed by atoms with Crippen LogP contribution in [0.4, 0.5) is 0 Å². The molecule has 3 aromatic rings. The van der Waals surface area contributed by atoms with Gasteiger partial charge in [-0.3, -0.25) is 9.78 Å². The number of hydrogen-bond acceptors (Lipinski definition) is 6. The summed E-state index contributed by atoms with van der Waals surface area (Å²) in [5.74, 6) is 0.372. The third kappa shape index (κ3) is 5.75. The Kier molecular flexibility index (Phi) is 7.78. The molecule has 0 radical (unpaired) electrons. The highest BCUT2D eigenvalue weighted by atomic mass is 32.2. The van der Waals surface area contributed by atoms with Gasteiger partial charge in [0.15, 0.2) is 0 Å². The van der Waals surface area contributed by atoms with Crippen molar-refractivity contribution >= 4 is 15.9 Å². The Morgan fingerprint density at radius 2 is 1.84 bits per heavy atom. The number of likely N-dealkylation sites (tertiary alicyclic amines) is 1. The number of hydrogen-bond donors (Lipinski definition) is 0. The zero-order valence-electron chi connectivity index (χ0n) is 21.7. The van der Waals surface area contributed by atoms with Crippen LogP contribution < -0.4 is 4.74 Å². The molecular weight excluding hydrogens is 502 g/mol. The fourth-order valence-electron chi connectivity index (χ4n) is 5.33. The van der Waals surface area contributed by atoms with E-state index in [0.717, 1.165) is 24.1 Å². The van der Waals surface area contributed by atoms with Crippen molar-refractivity contribution in [3.05, 3.63) is 95.3 Å². The first-order valence-corrected chi connectivity index (χ1v) is 14.5. The number of benzene rings is 2. The van der Waals surface area contributed by atoms with Crippen molar-refractivity contribution in [2.45, 2.75) is 43.8 Å². The molecule has 200 valence electrons. The minimum atomic E-state index is -3.56. The lowest BCUT2D eigenvalue weighted by Gasteiger charge is -2.24. The summed E-state index contributed by atoms with van der Waals surface area (Å²) in [6.45, 7) is 3.25. The number of sulfonamides is 1. The van der Waals surface area contributed by atoms with Gasteiger partial charge in [-0.05, 0) is 61.7 Å². The zero-order chi connectivity index (χ0) is 26.7. The van der Waals surface area contributed by atoms with Gasteiger partial charge in [-0.15, -0.1) is 0 Å². The Morgan fingerprint density at radius 3 is 2.61 bits per heavy atom. The van der Waals surface area contributed by atoms with Gasteiger partial charge in [0.2, 0.25) is 10.0 Å². The van der Waals surface area contributed by atoms with Crippen LogP contribution in [0.2, 0.25) is 0 Å². The highest BCUT2D eigenvalue weighted by molar-refractivity contribution is 7.88. The van der Waals surface area contributed by atoms with Gasteiger partial charge >= 0.3 is 0 Å². The molecule has 2 fully saturated rings. The molecule has 8 nitrogen and oxygen atoms in total. The molecule has 1 unspecified atom stereocenters. The summed E-state index contributed by atoms with van der Waals surface area (Å²) >= 11 is 0. The lowest BCUT2D eigenvalue weighted by atomic mass is 10.1. The van der Waals surface area contributed by atoms with Crippen molar-refractivity contribution in [3.63, 3.8) is 0 Å². The van der Waals surface area contributed by atoms with E-state index in [0.29, 0.717) is 36.5 Å². The smallest absolute Gasteiger partial charge is 0.254 e. The van der Waals surface area contributed by atoms with Gasteiger partial charge in [0, 0.05) is 25.4 Å². The normalized spacial score (nSPS) is 22.1. The number of amides is 1. The van der Waals surface area contributed by atoms with Crippen molar-refractivity contribution in [2.75, 3.05) is 26.7 Å². The van der Waals surface area contributed by atoms with Crippen LogP contribution in [-0.2, 0) is 20.5 Å². The fraction of sp³-hybridized carbons (Fsp3) is 0.379. The van der Waals surface area contributed by atoms with E-state index in [-0.39, 0.29) is 29.9 Å². The number of ether oxygens (including phenoxy) is 2. The van der Waals surface area contributed by atoms with Crippen molar-refractivity contribution in [2.24, 2.45) is 0 Å². The highest BCUT2D eigenvalue weighted by Gasteiger charge is 2.38. The maximum atomic E-state index is 13.4. The number of aromatic nitrogens is 1. The summed E-state index contributed by atoms with van der Waals surface area (Å²) in [5, 5.41) is 0. The minimum absolute atomic E-state index is 0.0604. The molecule has 2 aliphatic heterocycles. The van der Waals surface area contributed by atoms with Crippen molar-refractivity contribution in [1.29, 1.82) is 0 Å². The number of nitrogens with zero attached hydrogens (tertiary/aromatic N) is 3. The molecule has 0 aliphatic carbocycles. The summed E-state index contributed by atoms with van der Waals surface area (Å²) in [6, 6.07) is 20.1. The first-order chi connectivity index (χ1) is 18.3. The summed E-state index contributed by atoms with van der Waals surface area (Å²) < 4.78 is 40.3. The van der Waals surface area contributed by atoms with Crippen LogP contribution in [0.15, 0.2) is 72.9 Å². The van der Waals surface area contributed by atoms with E-state index >= 15 is 0 Å². The SMILES string of the molecule is CO[C@@H]1CN(C(=O)c2cccc(C)c2)C[C@H]1Oc1cccc(CS(=O)(=O)N2CCCC2c2ccccn2)c1. The van der Waals surface area contributed by atoms with E-state index < -0.39 is 10.0 Å². The van der Waals surface area contributed by atoms with Gasteiger partial charge < -0.3 is 14.4 Å². The van der Waals surface area contributed by atoms with Crippen LogP contribution in [0.3, 0.4) is 0 Å². The summed E-state index contributed by atoms with van der Waals surface area (Å²) in [7, 11) is -1.95. The largest absolute Gasteiger partial charge is 0.486 e. The first-order valence-electron chi connectivity index (χ1n) is 12.9. The molecule has 3 atom stereocenters. The molecule has 2 saturated heterocycles. The number of carbonyl (C=O) groups excluding carboxylic acids is 1. The van der Waals surface area contributed by atoms with Gasteiger partial charge in [0.1, 0.15) is 18.0 Å². The molecule has 3 heterocycles. The predicted molar refractivity (Wildman–Crippen MR) is 144 cm³/mol. The van der Waals surface area contributed by atoms with E-state index in [1.165, 1.54) is 0 Å². The molecule has 2 aromatic carbocycles. The molecule has 0 spiro atoms. The summed E-state index contributed by atoms with van der Waals surface area (Å²) in [6.07, 6.45) is 2.61. The van der Waals surface area contributed by atoms with E-state index in [2.05, 4.69) is 4.98 Å². The Bertz CT molecular complexity index is 1380. The molecule has 1 amide bonds. The molecule has 0 saturated carbocycles. The molecule has 9 heteroatoms. The summed E-state index contributed by atoms with van der Waals surface area (Å²) in [4.78, 5) is 19.2. The number of pyridine rings is 1. The maximum absolute atomic E-state index is 13.4. The monoisotopic (exact) mass is 535 g/mol. The van der Waals surface area contributed by atoms with Gasteiger partial charge in [0.25, 0.3) is 5.91 Å². The maximum Gasteiger partial charge on any atom is 0.254 e. The second kappa shape index (κ2) is 11.2. The lowest BCUT2D eigenvalue weighted by Crippen LogP contribution is -2.32. The second-order valence-electron chi connectivity index (χ2n) is 9.94. The quantitative estimate of drug-likeness (QED) is 0.434. The standard InChI is InChI=1S/C29H33N3O5S/c1-21-8-5-10-23(16-21)29(33)31-18-27(36-2)28(19-31)37-24-11-6-9-22(17-24)20-38(34,35)32-15-7-13-26(32)25-12-3-4-14-30-25/h3-6,8-12,14,16-17,26-28H,7,13,15,18-20H2,1-2H3/t26?,27-,28-/m1/s1. The molecule has 2 aliphatic rings. The Labute approximate surface area is 224 Å². The number of aryl methyl sites for hydroxylation is 1. The average Bonchev–Trinajstić information content (AvgIpc) is 3.57. The topological polar surface area (TPSA) is 89.0 Å². The van der Waals surface area contributed by atoms with E-state index in [1.54, 1.807) is 46.8 Å². The van der Waals surface area contributed by atoms with Crippen molar-refractivity contribution in [3.8, 4) is 5.75 Å². The van der Waals surface area contributed by atoms with Crippen LogP contribution in [0.1, 0.15) is 46.1 Å². The first kappa shape index (κ1) is 26.3. The minimum Gasteiger partial charge on any atom is -0.486 e. The molecule has 0 N–H and O–H groups in total. The third-order valence-corrected chi connectivity index (χ3v) is 9.05. The van der Waals surface area contributed by atoms with Crippen molar-refractivity contribution in [1.82, 2.24) is 14.2 Å². The van der Waals surface area contributed by atoms with E-state index in [4.69, 9.17) is 9.47 Å². The van der Waals surface area contributed by atoms with Gasteiger partial charge in [-0.2, -0.15) is 4.31 Å². The van der Waals surface area contributed by atoms with Crippen LogP contribution in [0.5, 0.6) is 5.75 Å². The number of methoxy groups -OCH3 is 1. The average molecular weight is 536 g/mol. The molecule has 5 rings (SSSR count). The Morgan fingerprint density at radius 1 is 1.03 bits per heavy atom. The van der Waals surface area contributed by atoms with Crippen LogP contribution in [0, 0.1) is 6.92 Å². The number of carbonyl (C=O) groups is 1. The fourth-order valence-corrected chi connectivity index (χ4v) is 7.10. The molecule has 0 bridgehead atoms. The van der Waals surface area contributed by atoms with Gasteiger partial charge in [-0.1, -0.05) is 35.9 Å². The van der Waals surface area contributed by atoms with Crippen molar-refractivity contribution < 1.29 is 22.7 Å². The van der Waals surface area contributed by atoms with E-state index in [9.17, 15) is 13.2 Å². The number of rotatable bonds is 8. The Balaban J connectivity index is 1.27. The molecular formula is C29H33N3O5S. The van der Waals surface area contributed by atoms with E-state index in [1.807, 2.05) is 49.4 Å². The van der Waals surface area contributed by atoms with Gasteiger partial charge in [0.05, 0.1) is 30.6 Å². The van der Waals surface area contributed by atoms with Crippen LogP contribution in [0.25, 0.3) is 0 Å². The predicted octanol–water partition coefficient (Wildman–Crippen LogP) is 3.98. The molecule has 1 aromatic heterocycles. The summed E-state index contributed by atoms with van der Waals surface area (Å²) in [5.41, 5.74) is 3.09. The van der Waals surface area contributed by atoms with Crippen LogP contribution in [-0.4, -0.2) is 67.5 Å².